The van der Waals surface area contributed by atoms with Crippen molar-refractivity contribution in [3.63, 3.8) is 0 Å². The first-order valence-corrected chi connectivity index (χ1v) is 9.87. The van der Waals surface area contributed by atoms with Crippen LogP contribution < -0.4 is 10.6 Å². The van der Waals surface area contributed by atoms with Gasteiger partial charge < -0.3 is 5.32 Å². The summed E-state index contributed by atoms with van der Waals surface area (Å²) < 4.78 is 23.9. The predicted molar refractivity (Wildman–Crippen MR) is 89.9 cm³/mol. The number of nitrogens with zero attached hydrogens (tertiary/aromatic N) is 1. The Labute approximate surface area is 139 Å². The van der Waals surface area contributed by atoms with E-state index < -0.39 is 32.6 Å². The Hall–Kier alpha value is -1.15. The van der Waals surface area contributed by atoms with E-state index in [1.54, 1.807) is 11.9 Å². The molecule has 1 fully saturated rings. The molecule has 0 heterocycles. The van der Waals surface area contributed by atoms with Crippen LogP contribution in [-0.2, 0) is 14.6 Å². The first-order valence-electron chi connectivity index (χ1n) is 7.91. The molecule has 1 rings (SSSR count). The molecule has 0 bridgehead atoms. The molecule has 0 radical (unpaired) electrons. The first kappa shape index (κ1) is 19.9. The van der Waals surface area contributed by atoms with Crippen molar-refractivity contribution in [3.05, 3.63) is 0 Å². The van der Waals surface area contributed by atoms with E-state index in [1.165, 1.54) is 6.26 Å². The molecule has 0 aromatic heterocycles. The third kappa shape index (κ3) is 6.87. The van der Waals surface area contributed by atoms with Crippen LogP contribution in [0.3, 0.4) is 0 Å². The van der Waals surface area contributed by atoms with Crippen LogP contribution in [0.1, 0.15) is 46.5 Å². The van der Waals surface area contributed by atoms with Gasteiger partial charge in [0.1, 0.15) is 0 Å². The van der Waals surface area contributed by atoms with Crippen molar-refractivity contribution in [2.75, 3.05) is 19.8 Å². The van der Waals surface area contributed by atoms with Crippen molar-refractivity contribution in [1.82, 2.24) is 15.5 Å². The molecule has 0 aromatic carbocycles. The van der Waals surface area contributed by atoms with Crippen LogP contribution in [0.2, 0.25) is 0 Å². The second-order valence-electron chi connectivity index (χ2n) is 7.39. The number of sulfone groups is 1. The maximum atomic E-state index is 12.0. The summed E-state index contributed by atoms with van der Waals surface area (Å²) in [5, 5.41) is 4.48. The zero-order valence-electron chi connectivity index (χ0n) is 14.7. The van der Waals surface area contributed by atoms with E-state index in [9.17, 15) is 18.0 Å². The molecule has 23 heavy (non-hydrogen) atoms. The van der Waals surface area contributed by atoms with Gasteiger partial charge in [0.15, 0.2) is 9.84 Å². The number of hydrogen-bond donors (Lipinski definition) is 2. The summed E-state index contributed by atoms with van der Waals surface area (Å²) in [7, 11) is -1.42. The number of likely N-dealkylation sites (N-methyl/N-ethyl adjacent to an activating group) is 1. The maximum Gasteiger partial charge on any atom is 0.321 e. The SMILES string of the molecule is CN(CC(=O)NC(=O)NC(C)(C)C)[C@@H]1CCCC[C@@H]1S(C)(=O)=O. The van der Waals surface area contributed by atoms with Crippen molar-refractivity contribution in [2.45, 2.75) is 63.3 Å². The van der Waals surface area contributed by atoms with E-state index >= 15 is 0 Å². The highest BCUT2D eigenvalue weighted by Crippen LogP contribution is 2.27. The van der Waals surface area contributed by atoms with Crippen LogP contribution in [0.5, 0.6) is 0 Å². The molecule has 1 aliphatic rings. The molecule has 8 heteroatoms. The van der Waals surface area contributed by atoms with Crippen LogP contribution in [0, 0.1) is 0 Å². The summed E-state index contributed by atoms with van der Waals surface area (Å²) in [6, 6.07) is -0.727. The zero-order valence-corrected chi connectivity index (χ0v) is 15.5. The third-order valence-electron chi connectivity index (χ3n) is 3.92. The van der Waals surface area contributed by atoms with Gasteiger partial charge in [0.2, 0.25) is 5.91 Å². The number of amides is 3. The summed E-state index contributed by atoms with van der Waals surface area (Å²) in [6.07, 6.45) is 4.46. The highest BCUT2D eigenvalue weighted by molar-refractivity contribution is 7.91. The molecule has 0 aliphatic heterocycles. The normalized spacial score (nSPS) is 22.7. The fourth-order valence-corrected chi connectivity index (χ4v) is 4.47. The standard InChI is InChI=1S/C15H29N3O4S/c1-15(2,3)17-14(20)16-13(19)10-18(4)11-8-6-7-9-12(11)23(5,21)22/h11-12H,6-10H2,1-5H3,(H2,16,17,19,20)/t11-,12+/m1/s1. The first-order chi connectivity index (χ1) is 10.4. The summed E-state index contributed by atoms with van der Waals surface area (Å²) in [5.41, 5.74) is -0.430. The lowest BCUT2D eigenvalue weighted by atomic mass is 9.94. The third-order valence-corrected chi connectivity index (χ3v) is 5.57. The van der Waals surface area contributed by atoms with E-state index in [4.69, 9.17) is 0 Å². The fourth-order valence-electron chi connectivity index (χ4n) is 2.96. The van der Waals surface area contributed by atoms with E-state index in [0.29, 0.717) is 6.42 Å². The number of carbonyl (C=O) groups excluding carboxylic acids is 2. The van der Waals surface area contributed by atoms with Gasteiger partial charge >= 0.3 is 6.03 Å². The van der Waals surface area contributed by atoms with Gasteiger partial charge in [-0.15, -0.1) is 0 Å². The molecule has 2 atom stereocenters. The number of imide groups is 1. The van der Waals surface area contributed by atoms with Gasteiger partial charge in [0.25, 0.3) is 0 Å². The molecule has 0 unspecified atom stereocenters. The Balaban J connectivity index is 2.61. The van der Waals surface area contributed by atoms with Crippen LogP contribution in [-0.4, -0.2) is 61.9 Å². The quantitative estimate of drug-likeness (QED) is 0.788. The van der Waals surface area contributed by atoms with Crippen molar-refractivity contribution in [2.24, 2.45) is 0 Å². The molecule has 3 amide bonds. The van der Waals surface area contributed by atoms with E-state index in [2.05, 4.69) is 10.6 Å². The Morgan fingerprint density at radius 3 is 2.26 bits per heavy atom. The summed E-state index contributed by atoms with van der Waals surface area (Å²) in [4.78, 5) is 25.4. The van der Waals surface area contributed by atoms with E-state index in [0.717, 1.165) is 19.3 Å². The highest BCUT2D eigenvalue weighted by Gasteiger charge is 2.35. The Morgan fingerprint density at radius 1 is 1.17 bits per heavy atom. The van der Waals surface area contributed by atoms with Gasteiger partial charge in [0, 0.05) is 17.8 Å². The average molecular weight is 347 g/mol. The zero-order chi connectivity index (χ0) is 17.8. The fraction of sp³-hybridized carbons (Fsp3) is 0.867. The topological polar surface area (TPSA) is 95.6 Å². The summed E-state index contributed by atoms with van der Waals surface area (Å²) in [5.74, 6) is -0.438. The monoisotopic (exact) mass is 347 g/mol. The molecule has 1 saturated carbocycles. The molecular formula is C15H29N3O4S. The van der Waals surface area contributed by atoms with Crippen molar-refractivity contribution >= 4 is 21.8 Å². The molecule has 0 spiro atoms. The van der Waals surface area contributed by atoms with E-state index in [1.807, 2.05) is 20.8 Å². The Bertz CT molecular complexity index is 539. The minimum atomic E-state index is -3.16. The lowest BCUT2D eigenvalue weighted by molar-refractivity contribution is -0.121. The predicted octanol–water partition coefficient (Wildman–Crippen LogP) is 0.898. The number of rotatable bonds is 4. The lowest BCUT2D eigenvalue weighted by Crippen LogP contribution is -2.53. The van der Waals surface area contributed by atoms with Gasteiger partial charge in [-0.2, -0.15) is 0 Å². The average Bonchev–Trinajstić information content (AvgIpc) is 2.34. The molecule has 1 aliphatic carbocycles. The molecule has 0 saturated heterocycles. The van der Waals surface area contributed by atoms with Gasteiger partial charge in [-0.05, 0) is 40.7 Å². The van der Waals surface area contributed by atoms with Crippen molar-refractivity contribution in [1.29, 1.82) is 0 Å². The highest BCUT2D eigenvalue weighted by atomic mass is 32.2. The van der Waals surface area contributed by atoms with Gasteiger partial charge in [-0.25, -0.2) is 13.2 Å². The van der Waals surface area contributed by atoms with Crippen molar-refractivity contribution < 1.29 is 18.0 Å². The van der Waals surface area contributed by atoms with Gasteiger partial charge in [-0.3, -0.25) is 15.0 Å². The number of hydrogen-bond acceptors (Lipinski definition) is 5. The van der Waals surface area contributed by atoms with Crippen LogP contribution >= 0.6 is 0 Å². The number of urea groups is 1. The largest absolute Gasteiger partial charge is 0.333 e. The van der Waals surface area contributed by atoms with E-state index in [-0.39, 0.29) is 12.6 Å². The molecule has 134 valence electrons. The maximum absolute atomic E-state index is 12.0. The molecule has 7 nitrogen and oxygen atoms in total. The van der Waals surface area contributed by atoms with Gasteiger partial charge in [-0.1, -0.05) is 12.8 Å². The Morgan fingerprint density at radius 2 is 1.74 bits per heavy atom. The van der Waals surface area contributed by atoms with Crippen LogP contribution in [0.4, 0.5) is 4.79 Å². The second kappa shape index (κ2) is 7.61. The van der Waals surface area contributed by atoms with Gasteiger partial charge in [0.05, 0.1) is 11.8 Å². The minimum Gasteiger partial charge on any atom is -0.333 e. The Kier molecular flexibility index (Phi) is 6.59. The second-order valence-corrected chi connectivity index (χ2v) is 9.65. The number of nitrogens with one attached hydrogen (secondary N) is 2. The lowest BCUT2D eigenvalue weighted by Gasteiger charge is -2.36. The number of carbonyl (C=O) groups is 2. The summed E-state index contributed by atoms with van der Waals surface area (Å²) in [6.45, 7) is 5.46. The molecular weight excluding hydrogens is 318 g/mol. The van der Waals surface area contributed by atoms with Crippen LogP contribution in [0.15, 0.2) is 0 Å². The van der Waals surface area contributed by atoms with Crippen LogP contribution in [0.25, 0.3) is 0 Å². The minimum absolute atomic E-state index is 0.00570. The van der Waals surface area contributed by atoms with Crippen molar-refractivity contribution in [3.8, 4) is 0 Å². The molecule has 0 aromatic rings. The molecule has 2 N–H and O–H groups in total. The summed E-state index contributed by atoms with van der Waals surface area (Å²) >= 11 is 0. The smallest absolute Gasteiger partial charge is 0.321 e.